The Morgan fingerprint density at radius 2 is 1.90 bits per heavy atom. The molecule has 154 valence electrons. The molecule has 2 aliphatic heterocycles. The Morgan fingerprint density at radius 1 is 1.10 bits per heavy atom. The lowest BCUT2D eigenvalue weighted by Crippen LogP contribution is -2.44. The highest BCUT2D eigenvalue weighted by atomic mass is 32.2. The molecule has 0 unspecified atom stereocenters. The minimum atomic E-state index is -3.80. The van der Waals surface area contributed by atoms with Gasteiger partial charge in [-0.05, 0) is 36.8 Å². The predicted octanol–water partition coefficient (Wildman–Crippen LogP) is 2.26. The third-order valence-corrected chi connectivity index (χ3v) is 6.53. The fourth-order valence-electron chi connectivity index (χ4n) is 3.31. The minimum absolute atomic E-state index is 0.0818. The number of anilines is 1. The zero-order valence-corrected chi connectivity index (χ0v) is 16.8. The van der Waals surface area contributed by atoms with E-state index in [2.05, 4.69) is 5.32 Å². The number of sulfonamides is 1. The second-order valence-electron chi connectivity index (χ2n) is 6.86. The number of rotatable bonds is 6. The number of amides is 1. The van der Waals surface area contributed by atoms with Gasteiger partial charge >= 0.3 is 0 Å². The summed E-state index contributed by atoms with van der Waals surface area (Å²) < 4.78 is 44.9. The van der Waals surface area contributed by atoms with Crippen LogP contribution < -0.4 is 19.5 Å². The zero-order chi connectivity index (χ0) is 20.4. The third kappa shape index (κ3) is 4.01. The molecule has 0 bridgehead atoms. The maximum absolute atomic E-state index is 13.3. The first-order chi connectivity index (χ1) is 14.0. The first-order valence-electron chi connectivity index (χ1n) is 9.42. The molecule has 2 aliphatic rings. The van der Waals surface area contributed by atoms with Crippen molar-refractivity contribution in [3.63, 3.8) is 0 Å². The molecule has 2 heterocycles. The molecule has 1 N–H and O–H groups in total. The van der Waals surface area contributed by atoms with E-state index >= 15 is 0 Å². The summed E-state index contributed by atoms with van der Waals surface area (Å²) in [6, 6.07) is 11.8. The number of fused-ring (bicyclic) bond motifs is 2. The standard InChI is InChI=1S/C20H22N2O6S/c1-2-9-22(11-14-12-26-18-5-3-4-6-19(18)28-14)29(24,25)15-7-8-17-16(10-15)21-20(23)13-27-17/h3-8,10,14H,2,9,11-13H2,1H3,(H,21,23)/t14-/m1/s1. The first-order valence-corrected chi connectivity index (χ1v) is 10.9. The van der Waals surface area contributed by atoms with Gasteiger partial charge in [0.05, 0.1) is 17.1 Å². The molecule has 0 saturated carbocycles. The van der Waals surface area contributed by atoms with Gasteiger partial charge in [0.1, 0.15) is 18.5 Å². The average molecular weight is 418 g/mol. The maximum atomic E-state index is 13.3. The number of hydrogen-bond donors (Lipinski definition) is 1. The lowest BCUT2D eigenvalue weighted by Gasteiger charge is -2.31. The fourth-order valence-corrected chi connectivity index (χ4v) is 4.90. The van der Waals surface area contributed by atoms with Gasteiger partial charge in [-0.1, -0.05) is 19.1 Å². The highest BCUT2D eigenvalue weighted by molar-refractivity contribution is 7.89. The van der Waals surface area contributed by atoms with Gasteiger partial charge in [0, 0.05) is 6.54 Å². The molecular weight excluding hydrogens is 396 g/mol. The highest BCUT2D eigenvalue weighted by Crippen LogP contribution is 2.33. The van der Waals surface area contributed by atoms with Gasteiger partial charge in [-0.15, -0.1) is 0 Å². The molecule has 0 spiro atoms. The number of hydrogen-bond acceptors (Lipinski definition) is 6. The van der Waals surface area contributed by atoms with Crippen molar-refractivity contribution in [2.75, 3.05) is 31.6 Å². The second kappa shape index (κ2) is 7.92. The fraction of sp³-hybridized carbons (Fsp3) is 0.350. The lowest BCUT2D eigenvalue weighted by atomic mass is 10.2. The summed E-state index contributed by atoms with van der Waals surface area (Å²) in [4.78, 5) is 11.7. The number of benzene rings is 2. The monoisotopic (exact) mass is 418 g/mol. The van der Waals surface area contributed by atoms with Crippen molar-refractivity contribution in [2.24, 2.45) is 0 Å². The maximum Gasteiger partial charge on any atom is 0.262 e. The Kier molecular flexibility index (Phi) is 5.33. The lowest BCUT2D eigenvalue weighted by molar-refractivity contribution is -0.118. The van der Waals surface area contributed by atoms with Crippen molar-refractivity contribution in [2.45, 2.75) is 24.3 Å². The van der Waals surface area contributed by atoms with Crippen molar-refractivity contribution in [1.82, 2.24) is 4.31 Å². The van der Waals surface area contributed by atoms with Gasteiger partial charge in [0.15, 0.2) is 18.1 Å². The van der Waals surface area contributed by atoms with Gasteiger partial charge in [0.25, 0.3) is 5.91 Å². The van der Waals surface area contributed by atoms with Crippen LogP contribution >= 0.6 is 0 Å². The smallest absolute Gasteiger partial charge is 0.262 e. The van der Waals surface area contributed by atoms with Crippen LogP contribution in [0.2, 0.25) is 0 Å². The third-order valence-electron chi connectivity index (χ3n) is 4.67. The van der Waals surface area contributed by atoms with Crippen molar-refractivity contribution in [3.05, 3.63) is 42.5 Å². The average Bonchev–Trinajstić information content (AvgIpc) is 2.72. The van der Waals surface area contributed by atoms with Gasteiger partial charge in [-0.2, -0.15) is 4.31 Å². The molecule has 29 heavy (non-hydrogen) atoms. The van der Waals surface area contributed by atoms with E-state index in [-0.39, 0.29) is 30.6 Å². The van der Waals surface area contributed by atoms with Crippen LogP contribution in [-0.2, 0) is 14.8 Å². The molecule has 2 aromatic rings. The molecule has 2 aromatic carbocycles. The Morgan fingerprint density at radius 3 is 2.69 bits per heavy atom. The summed E-state index contributed by atoms with van der Waals surface area (Å²) in [6.07, 6.45) is 0.223. The number of nitrogens with zero attached hydrogens (tertiary/aromatic N) is 1. The van der Waals surface area contributed by atoms with Crippen LogP contribution in [-0.4, -0.2) is 51.0 Å². The molecule has 0 aromatic heterocycles. The van der Waals surface area contributed by atoms with Crippen molar-refractivity contribution in [3.8, 4) is 17.2 Å². The highest BCUT2D eigenvalue weighted by Gasteiger charge is 2.31. The summed E-state index contributed by atoms with van der Waals surface area (Å²) >= 11 is 0. The van der Waals surface area contributed by atoms with Crippen LogP contribution in [0.5, 0.6) is 17.2 Å². The molecule has 0 radical (unpaired) electrons. The Labute approximate surface area is 169 Å². The topological polar surface area (TPSA) is 94.2 Å². The minimum Gasteiger partial charge on any atom is -0.486 e. The zero-order valence-electron chi connectivity index (χ0n) is 16.0. The van der Waals surface area contributed by atoms with E-state index in [1.54, 1.807) is 12.1 Å². The largest absolute Gasteiger partial charge is 0.486 e. The van der Waals surface area contributed by atoms with Crippen LogP contribution in [0.25, 0.3) is 0 Å². The molecule has 4 rings (SSSR count). The van der Waals surface area contributed by atoms with Gasteiger partial charge in [0.2, 0.25) is 10.0 Å². The second-order valence-corrected chi connectivity index (χ2v) is 8.79. The van der Waals surface area contributed by atoms with Crippen molar-refractivity contribution >= 4 is 21.6 Å². The Bertz CT molecular complexity index is 1020. The van der Waals surface area contributed by atoms with Crippen molar-refractivity contribution in [1.29, 1.82) is 0 Å². The van der Waals surface area contributed by atoms with Crippen LogP contribution in [0.3, 0.4) is 0 Å². The quantitative estimate of drug-likeness (QED) is 0.773. The summed E-state index contributed by atoms with van der Waals surface area (Å²) in [5.74, 6) is 1.39. The van der Waals surface area contributed by atoms with Crippen LogP contribution in [0, 0.1) is 0 Å². The van der Waals surface area contributed by atoms with Gasteiger partial charge in [-0.3, -0.25) is 4.79 Å². The molecule has 9 heteroatoms. The van der Waals surface area contributed by atoms with E-state index in [4.69, 9.17) is 14.2 Å². The molecule has 0 fully saturated rings. The molecular formula is C20H22N2O6S. The van der Waals surface area contributed by atoms with E-state index < -0.39 is 16.1 Å². The van der Waals surface area contributed by atoms with Crippen LogP contribution in [0.15, 0.2) is 47.4 Å². The molecule has 8 nitrogen and oxygen atoms in total. The summed E-state index contributed by atoms with van der Waals surface area (Å²) in [6.45, 7) is 2.59. The van der Waals surface area contributed by atoms with Crippen LogP contribution in [0.4, 0.5) is 5.69 Å². The molecule has 0 saturated heterocycles. The van der Waals surface area contributed by atoms with Crippen molar-refractivity contribution < 1.29 is 27.4 Å². The number of para-hydroxylation sites is 2. The van der Waals surface area contributed by atoms with E-state index in [1.165, 1.54) is 16.4 Å². The summed E-state index contributed by atoms with van der Waals surface area (Å²) in [5.41, 5.74) is 0.352. The SMILES string of the molecule is CCCN(C[C@@H]1COc2ccccc2O1)S(=O)(=O)c1ccc2c(c1)NC(=O)CO2. The predicted molar refractivity (Wildman–Crippen MR) is 106 cm³/mol. The van der Waals surface area contributed by atoms with E-state index in [0.29, 0.717) is 35.9 Å². The number of carbonyl (C=O) groups is 1. The number of nitrogens with one attached hydrogen (secondary N) is 1. The van der Waals surface area contributed by atoms with E-state index in [9.17, 15) is 13.2 Å². The first kappa shape index (κ1) is 19.5. The van der Waals surface area contributed by atoms with Crippen LogP contribution in [0.1, 0.15) is 13.3 Å². The van der Waals surface area contributed by atoms with Gasteiger partial charge in [-0.25, -0.2) is 8.42 Å². The Balaban J connectivity index is 1.56. The summed E-state index contributed by atoms with van der Waals surface area (Å²) in [7, 11) is -3.80. The molecule has 0 aliphatic carbocycles. The van der Waals surface area contributed by atoms with E-state index in [1.807, 2.05) is 25.1 Å². The molecule has 1 amide bonds. The van der Waals surface area contributed by atoms with E-state index in [0.717, 1.165) is 0 Å². The Hall–Kier alpha value is -2.78. The molecule has 1 atom stereocenters. The van der Waals surface area contributed by atoms with Gasteiger partial charge < -0.3 is 19.5 Å². The summed E-state index contributed by atoms with van der Waals surface area (Å²) in [5, 5.41) is 2.64. The number of carbonyl (C=O) groups excluding carboxylic acids is 1. The number of ether oxygens (including phenoxy) is 3. The normalized spacial score (nSPS) is 18.0.